The highest BCUT2D eigenvalue weighted by molar-refractivity contribution is 14.1. The summed E-state index contributed by atoms with van der Waals surface area (Å²) in [5.74, 6) is -0.289. The van der Waals surface area contributed by atoms with Gasteiger partial charge in [-0.05, 0) is 18.6 Å². The third-order valence-corrected chi connectivity index (χ3v) is 2.99. The van der Waals surface area contributed by atoms with Gasteiger partial charge < -0.3 is 4.74 Å². The average molecular weight is 316 g/mol. The maximum atomic E-state index is 11.3. The second-order valence-corrected chi connectivity index (χ2v) is 4.03. The fourth-order valence-corrected chi connectivity index (χ4v) is 1.18. The van der Waals surface area contributed by atoms with Crippen LogP contribution in [0.4, 0.5) is 0 Å². The normalized spacial score (nSPS) is 12.7. The number of benzene rings is 1. The third-order valence-electron chi connectivity index (χ3n) is 1.75. The van der Waals surface area contributed by atoms with Gasteiger partial charge in [0.2, 0.25) is 0 Å². The van der Waals surface area contributed by atoms with E-state index in [1.807, 2.05) is 37.3 Å². The summed E-state index contributed by atoms with van der Waals surface area (Å²) in [5.41, 5.74) is 0.997. The standard InChI is InChI=1S/C12H13IO2/c1-10(9-13)15-12(14)8-7-11-5-3-2-4-6-11/h2-8,10H,9H2,1H3. The molecule has 0 heterocycles. The molecule has 0 saturated heterocycles. The predicted molar refractivity (Wildman–Crippen MR) is 69.9 cm³/mol. The lowest BCUT2D eigenvalue weighted by Crippen LogP contribution is -2.13. The Bertz CT molecular complexity index is 333. The van der Waals surface area contributed by atoms with E-state index in [1.165, 1.54) is 6.08 Å². The Morgan fingerprint density at radius 3 is 2.73 bits per heavy atom. The molecular weight excluding hydrogens is 303 g/mol. The first kappa shape index (κ1) is 12.2. The molecule has 0 saturated carbocycles. The zero-order valence-electron chi connectivity index (χ0n) is 8.52. The van der Waals surface area contributed by atoms with Gasteiger partial charge in [0.25, 0.3) is 0 Å². The van der Waals surface area contributed by atoms with E-state index >= 15 is 0 Å². The van der Waals surface area contributed by atoms with E-state index in [0.29, 0.717) is 0 Å². The van der Waals surface area contributed by atoms with E-state index in [9.17, 15) is 4.79 Å². The van der Waals surface area contributed by atoms with E-state index in [2.05, 4.69) is 22.6 Å². The number of alkyl halides is 1. The SMILES string of the molecule is CC(CI)OC(=O)C=Cc1ccccc1. The molecular formula is C12H13IO2. The molecule has 1 rings (SSSR count). The van der Waals surface area contributed by atoms with Gasteiger partial charge in [-0.15, -0.1) is 0 Å². The Balaban J connectivity index is 2.48. The molecule has 0 aliphatic carbocycles. The summed E-state index contributed by atoms with van der Waals surface area (Å²) >= 11 is 2.19. The fraction of sp³-hybridized carbons (Fsp3) is 0.250. The van der Waals surface area contributed by atoms with Gasteiger partial charge in [0.05, 0.1) is 0 Å². The number of hydrogen-bond donors (Lipinski definition) is 0. The first-order valence-electron chi connectivity index (χ1n) is 4.72. The largest absolute Gasteiger partial charge is 0.459 e. The van der Waals surface area contributed by atoms with Crippen molar-refractivity contribution in [3.05, 3.63) is 42.0 Å². The van der Waals surface area contributed by atoms with Gasteiger partial charge in [-0.2, -0.15) is 0 Å². The second-order valence-electron chi connectivity index (χ2n) is 3.15. The van der Waals surface area contributed by atoms with E-state index in [1.54, 1.807) is 6.08 Å². The number of hydrogen-bond acceptors (Lipinski definition) is 2. The molecule has 1 atom stereocenters. The second kappa shape index (κ2) is 6.61. The van der Waals surface area contributed by atoms with Crippen LogP contribution in [-0.4, -0.2) is 16.5 Å². The minimum Gasteiger partial charge on any atom is -0.459 e. The smallest absolute Gasteiger partial charge is 0.331 e. The lowest BCUT2D eigenvalue weighted by molar-refractivity contribution is -0.140. The number of halogens is 1. The lowest BCUT2D eigenvalue weighted by Gasteiger charge is -2.06. The summed E-state index contributed by atoms with van der Waals surface area (Å²) in [6.07, 6.45) is 3.18. The maximum Gasteiger partial charge on any atom is 0.331 e. The van der Waals surface area contributed by atoms with Crippen LogP contribution in [0.3, 0.4) is 0 Å². The monoisotopic (exact) mass is 316 g/mol. The van der Waals surface area contributed by atoms with Crippen LogP contribution in [0.15, 0.2) is 36.4 Å². The molecule has 0 amide bonds. The Kier molecular flexibility index (Phi) is 5.39. The van der Waals surface area contributed by atoms with Crippen molar-refractivity contribution in [2.45, 2.75) is 13.0 Å². The van der Waals surface area contributed by atoms with Crippen LogP contribution in [0, 0.1) is 0 Å². The zero-order valence-corrected chi connectivity index (χ0v) is 10.7. The Labute approximate surface area is 103 Å². The molecule has 0 aromatic heterocycles. The quantitative estimate of drug-likeness (QED) is 0.369. The van der Waals surface area contributed by atoms with Crippen molar-refractivity contribution in [1.29, 1.82) is 0 Å². The molecule has 2 nitrogen and oxygen atoms in total. The molecule has 1 aromatic rings. The van der Waals surface area contributed by atoms with Crippen LogP contribution in [0.1, 0.15) is 12.5 Å². The zero-order chi connectivity index (χ0) is 11.1. The van der Waals surface area contributed by atoms with Crippen LogP contribution in [0.5, 0.6) is 0 Å². The van der Waals surface area contributed by atoms with E-state index in [-0.39, 0.29) is 12.1 Å². The highest BCUT2D eigenvalue weighted by atomic mass is 127. The van der Waals surface area contributed by atoms with Crippen LogP contribution in [0.25, 0.3) is 6.08 Å². The van der Waals surface area contributed by atoms with E-state index < -0.39 is 0 Å². The fourth-order valence-electron chi connectivity index (χ4n) is 0.997. The number of carbonyl (C=O) groups excluding carboxylic acids is 1. The van der Waals surface area contributed by atoms with E-state index in [0.717, 1.165) is 9.99 Å². The van der Waals surface area contributed by atoms with Gasteiger partial charge in [-0.1, -0.05) is 52.9 Å². The minimum absolute atomic E-state index is 0.0291. The molecule has 80 valence electrons. The summed E-state index contributed by atoms with van der Waals surface area (Å²) in [5, 5.41) is 0. The van der Waals surface area contributed by atoms with Gasteiger partial charge in [0.1, 0.15) is 6.10 Å². The van der Waals surface area contributed by atoms with Crippen molar-refractivity contribution in [1.82, 2.24) is 0 Å². The number of ether oxygens (including phenoxy) is 1. The van der Waals surface area contributed by atoms with Crippen molar-refractivity contribution in [2.75, 3.05) is 4.43 Å². The van der Waals surface area contributed by atoms with Crippen LogP contribution >= 0.6 is 22.6 Å². The minimum atomic E-state index is -0.289. The molecule has 3 heteroatoms. The van der Waals surface area contributed by atoms with Gasteiger partial charge >= 0.3 is 5.97 Å². The summed E-state index contributed by atoms with van der Waals surface area (Å²) < 4.78 is 5.90. The molecule has 15 heavy (non-hydrogen) atoms. The van der Waals surface area contributed by atoms with Crippen molar-refractivity contribution < 1.29 is 9.53 Å². The first-order chi connectivity index (χ1) is 7.22. The van der Waals surface area contributed by atoms with Gasteiger partial charge in [0, 0.05) is 10.5 Å². The molecule has 0 aliphatic rings. The molecule has 0 aliphatic heterocycles. The van der Waals surface area contributed by atoms with E-state index in [4.69, 9.17) is 4.74 Å². The molecule has 0 radical (unpaired) electrons. The molecule has 1 unspecified atom stereocenters. The number of rotatable bonds is 4. The summed E-state index contributed by atoms with van der Waals surface area (Å²) in [6, 6.07) is 9.67. The summed E-state index contributed by atoms with van der Waals surface area (Å²) in [6.45, 7) is 1.88. The van der Waals surface area contributed by atoms with Gasteiger partial charge in [0.15, 0.2) is 0 Å². The first-order valence-corrected chi connectivity index (χ1v) is 6.24. The highest BCUT2D eigenvalue weighted by Gasteiger charge is 2.03. The molecule has 0 bridgehead atoms. The van der Waals surface area contributed by atoms with Crippen molar-refractivity contribution in [2.24, 2.45) is 0 Å². The molecule has 0 fully saturated rings. The summed E-state index contributed by atoms with van der Waals surface area (Å²) in [4.78, 5) is 11.3. The van der Waals surface area contributed by atoms with Gasteiger partial charge in [-0.25, -0.2) is 4.79 Å². The third kappa shape index (κ3) is 4.97. The van der Waals surface area contributed by atoms with Crippen LogP contribution < -0.4 is 0 Å². The van der Waals surface area contributed by atoms with Crippen LogP contribution in [0.2, 0.25) is 0 Å². The van der Waals surface area contributed by atoms with Crippen LogP contribution in [-0.2, 0) is 9.53 Å². The van der Waals surface area contributed by atoms with Crippen molar-refractivity contribution in [3.63, 3.8) is 0 Å². The molecule has 0 N–H and O–H groups in total. The Hall–Kier alpha value is -0.840. The Morgan fingerprint density at radius 2 is 2.13 bits per heavy atom. The van der Waals surface area contributed by atoms with Gasteiger partial charge in [-0.3, -0.25) is 0 Å². The number of carbonyl (C=O) groups is 1. The van der Waals surface area contributed by atoms with Crippen molar-refractivity contribution in [3.8, 4) is 0 Å². The number of esters is 1. The summed E-state index contributed by atoms with van der Waals surface area (Å²) in [7, 11) is 0. The highest BCUT2D eigenvalue weighted by Crippen LogP contribution is 2.02. The topological polar surface area (TPSA) is 26.3 Å². The van der Waals surface area contributed by atoms with Crippen molar-refractivity contribution >= 4 is 34.6 Å². The molecule has 1 aromatic carbocycles. The lowest BCUT2D eigenvalue weighted by atomic mass is 10.2. The average Bonchev–Trinajstić information content (AvgIpc) is 2.27. The maximum absolute atomic E-state index is 11.3. The molecule has 0 spiro atoms. The Morgan fingerprint density at radius 1 is 1.47 bits per heavy atom. The predicted octanol–water partition coefficient (Wildman–Crippen LogP) is 3.07.